The first kappa shape index (κ1) is 17.4. The molecule has 118 valence electrons. The van der Waals surface area contributed by atoms with Crippen molar-refractivity contribution in [3.05, 3.63) is 23.8 Å². The molecule has 1 rings (SSSR count). The minimum atomic E-state index is -3.95. The topological polar surface area (TPSA) is 119 Å². The highest BCUT2D eigenvalue weighted by Gasteiger charge is 2.19. The Hall–Kier alpha value is -1.64. The normalized spacial score (nSPS) is 13.2. The maximum absolute atomic E-state index is 11.3. The van der Waals surface area contributed by atoms with Crippen LogP contribution in [0.25, 0.3) is 0 Å². The van der Waals surface area contributed by atoms with Crippen LogP contribution in [-0.2, 0) is 14.8 Å². The minimum Gasteiger partial charge on any atom is -0.478 e. The van der Waals surface area contributed by atoms with Gasteiger partial charge in [-0.25, -0.2) is 18.4 Å². The van der Waals surface area contributed by atoms with E-state index in [1.807, 2.05) is 13.8 Å². The Morgan fingerprint density at radius 1 is 1.43 bits per heavy atom. The Labute approximate surface area is 124 Å². The third-order valence-corrected chi connectivity index (χ3v) is 3.95. The van der Waals surface area contributed by atoms with Crippen LogP contribution in [0.2, 0.25) is 0 Å². The minimum absolute atomic E-state index is 0.103. The predicted molar refractivity (Wildman–Crippen MR) is 78.9 cm³/mol. The molecule has 1 atom stereocenters. The molecule has 1 unspecified atom stereocenters. The molecular weight excluding hydrogens is 296 g/mol. The summed E-state index contributed by atoms with van der Waals surface area (Å²) in [5.74, 6) is -1.03. The second-order valence-electron chi connectivity index (χ2n) is 5.01. The first-order valence-electron chi connectivity index (χ1n) is 6.32. The summed E-state index contributed by atoms with van der Waals surface area (Å²) in [4.78, 5) is 11.1. The van der Waals surface area contributed by atoms with E-state index in [2.05, 4.69) is 5.32 Å². The van der Waals surface area contributed by atoms with Gasteiger partial charge in [-0.3, -0.25) is 0 Å². The van der Waals surface area contributed by atoms with Crippen LogP contribution in [0.1, 0.15) is 24.2 Å². The monoisotopic (exact) mass is 316 g/mol. The van der Waals surface area contributed by atoms with E-state index < -0.39 is 16.0 Å². The Morgan fingerprint density at radius 3 is 2.48 bits per heavy atom. The molecule has 0 aliphatic heterocycles. The summed E-state index contributed by atoms with van der Waals surface area (Å²) < 4.78 is 27.7. The number of nitrogens with two attached hydrogens (primary N) is 1. The maximum Gasteiger partial charge on any atom is 0.337 e. The average molecular weight is 316 g/mol. The summed E-state index contributed by atoms with van der Waals surface area (Å²) in [6.45, 7) is 4.33. The second kappa shape index (κ2) is 6.88. The molecule has 0 aromatic heterocycles. The third-order valence-electron chi connectivity index (χ3n) is 3.04. The molecule has 0 amide bonds. The Bertz CT molecular complexity index is 613. The molecule has 7 nitrogen and oxygen atoms in total. The van der Waals surface area contributed by atoms with Crippen LogP contribution >= 0.6 is 0 Å². The van der Waals surface area contributed by atoms with Crippen LogP contribution in [0.3, 0.4) is 0 Å². The number of anilines is 1. The predicted octanol–water partition coefficient (Wildman–Crippen LogP) is 1.12. The fourth-order valence-electron chi connectivity index (χ4n) is 1.78. The second-order valence-corrected chi connectivity index (χ2v) is 6.57. The van der Waals surface area contributed by atoms with Crippen molar-refractivity contribution in [1.29, 1.82) is 0 Å². The van der Waals surface area contributed by atoms with Crippen LogP contribution in [0.5, 0.6) is 0 Å². The third kappa shape index (κ3) is 4.69. The lowest BCUT2D eigenvalue weighted by Crippen LogP contribution is -2.31. The highest BCUT2D eigenvalue weighted by Crippen LogP contribution is 2.22. The van der Waals surface area contributed by atoms with Crippen molar-refractivity contribution in [2.24, 2.45) is 11.1 Å². The van der Waals surface area contributed by atoms with Gasteiger partial charge in [-0.1, -0.05) is 13.8 Å². The maximum atomic E-state index is 11.3. The highest BCUT2D eigenvalue weighted by atomic mass is 32.2. The fraction of sp³-hybridized carbons (Fsp3) is 0.462. The molecule has 8 heteroatoms. The van der Waals surface area contributed by atoms with E-state index in [4.69, 9.17) is 9.88 Å². The number of carboxylic acids is 1. The molecule has 1 aromatic carbocycles. The molecule has 0 fully saturated rings. The fourth-order valence-corrected chi connectivity index (χ4v) is 2.32. The summed E-state index contributed by atoms with van der Waals surface area (Å²) in [5.41, 5.74) is 0.175. The Morgan fingerprint density at radius 2 is 2.05 bits per heavy atom. The van der Waals surface area contributed by atoms with E-state index in [1.54, 1.807) is 7.11 Å². The first-order valence-corrected chi connectivity index (χ1v) is 7.87. The lowest BCUT2D eigenvalue weighted by molar-refractivity contribution is 0.0697. The quantitative estimate of drug-likeness (QED) is 0.693. The van der Waals surface area contributed by atoms with Gasteiger partial charge in [0, 0.05) is 12.8 Å². The number of carbonyl (C=O) groups is 1. The van der Waals surface area contributed by atoms with Gasteiger partial charge in [-0.15, -0.1) is 0 Å². The molecule has 1 aromatic rings. The van der Waals surface area contributed by atoms with E-state index in [-0.39, 0.29) is 22.4 Å². The number of hydrogen-bond donors (Lipinski definition) is 3. The zero-order valence-corrected chi connectivity index (χ0v) is 13.0. The van der Waals surface area contributed by atoms with Crippen LogP contribution < -0.4 is 10.5 Å². The number of methoxy groups -OCH3 is 1. The van der Waals surface area contributed by atoms with E-state index in [0.717, 1.165) is 6.07 Å². The summed E-state index contributed by atoms with van der Waals surface area (Å²) in [6, 6.07) is 3.61. The summed E-state index contributed by atoms with van der Waals surface area (Å²) in [5, 5.41) is 17.3. The molecule has 0 saturated carbocycles. The first-order chi connectivity index (χ1) is 9.66. The smallest absolute Gasteiger partial charge is 0.337 e. The largest absolute Gasteiger partial charge is 0.478 e. The number of aromatic carboxylic acids is 1. The molecule has 0 aliphatic carbocycles. The van der Waals surface area contributed by atoms with Gasteiger partial charge in [0.2, 0.25) is 10.0 Å². The molecule has 4 N–H and O–H groups in total. The number of ether oxygens (including phenoxy) is 1. The molecule has 0 aliphatic rings. The lowest BCUT2D eigenvalue weighted by atomic mass is 10.0. The summed E-state index contributed by atoms with van der Waals surface area (Å²) in [7, 11) is -2.39. The molecule has 0 radical (unpaired) electrons. The Kier molecular flexibility index (Phi) is 5.70. The number of sulfonamides is 1. The van der Waals surface area contributed by atoms with E-state index >= 15 is 0 Å². The van der Waals surface area contributed by atoms with Crippen molar-refractivity contribution in [2.75, 3.05) is 19.0 Å². The summed E-state index contributed by atoms with van der Waals surface area (Å²) >= 11 is 0. The molecule has 0 bridgehead atoms. The Balaban J connectivity index is 3.21. The van der Waals surface area contributed by atoms with Crippen LogP contribution in [0.4, 0.5) is 5.69 Å². The van der Waals surface area contributed by atoms with E-state index in [1.165, 1.54) is 12.1 Å². The van der Waals surface area contributed by atoms with E-state index in [9.17, 15) is 18.3 Å². The zero-order chi connectivity index (χ0) is 16.2. The van der Waals surface area contributed by atoms with Crippen molar-refractivity contribution in [2.45, 2.75) is 24.8 Å². The molecule has 0 spiro atoms. The lowest BCUT2D eigenvalue weighted by Gasteiger charge is -2.23. The number of benzene rings is 1. The van der Waals surface area contributed by atoms with Gasteiger partial charge in [0.05, 0.1) is 23.1 Å². The number of primary sulfonamides is 1. The van der Waals surface area contributed by atoms with E-state index in [0.29, 0.717) is 12.3 Å². The zero-order valence-electron chi connectivity index (χ0n) is 12.2. The number of carboxylic acid groups (broad SMARTS) is 1. The van der Waals surface area contributed by atoms with Gasteiger partial charge in [0.15, 0.2) is 0 Å². The highest BCUT2D eigenvalue weighted by molar-refractivity contribution is 7.89. The van der Waals surface area contributed by atoms with Gasteiger partial charge in [-0.05, 0) is 24.1 Å². The molecule has 21 heavy (non-hydrogen) atoms. The summed E-state index contributed by atoms with van der Waals surface area (Å²) in [6.07, 6.45) is 0. The van der Waals surface area contributed by atoms with Crippen molar-refractivity contribution in [3.63, 3.8) is 0 Å². The van der Waals surface area contributed by atoms with Crippen LogP contribution in [-0.4, -0.2) is 39.3 Å². The number of nitrogens with one attached hydrogen (secondary N) is 1. The standard InChI is InChI=1S/C13H20N2O5S/c1-8(2)12(7-20-3)15-11-5-4-9(21(14,18)19)6-10(11)13(16)17/h4-6,8,12,15H,7H2,1-3H3,(H,16,17)(H2,14,18,19). The van der Waals surface area contributed by atoms with Gasteiger partial charge in [0.25, 0.3) is 0 Å². The SMILES string of the molecule is COCC(Nc1ccc(S(N)(=O)=O)cc1C(=O)O)C(C)C. The van der Waals surface area contributed by atoms with Gasteiger partial charge < -0.3 is 15.2 Å². The van der Waals surface area contributed by atoms with Gasteiger partial charge >= 0.3 is 5.97 Å². The van der Waals surface area contributed by atoms with Crippen LogP contribution in [0.15, 0.2) is 23.1 Å². The number of rotatable bonds is 7. The number of hydrogen-bond acceptors (Lipinski definition) is 5. The van der Waals surface area contributed by atoms with Gasteiger partial charge in [0.1, 0.15) is 0 Å². The van der Waals surface area contributed by atoms with Crippen molar-refractivity contribution < 1.29 is 23.1 Å². The van der Waals surface area contributed by atoms with Crippen molar-refractivity contribution in [3.8, 4) is 0 Å². The molecule has 0 heterocycles. The molecule has 0 saturated heterocycles. The van der Waals surface area contributed by atoms with Gasteiger partial charge in [-0.2, -0.15) is 0 Å². The average Bonchev–Trinajstić information content (AvgIpc) is 2.36. The van der Waals surface area contributed by atoms with Crippen molar-refractivity contribution in [1.82, 2.24) is 0 Å². The molecular formula is C13H20N2O5S. The van der Waals surface area contributed by atoms with Crippen molar-refractivity contribution >= 4 is 21.7 Å². The van der Waals surface area contributed by atoms with Crippen LogP contribution in [0, 0.1) is 5.92 Å².